The molecule has 0 aliphatic heterocycles. The smallest absolute Gasteiger partial charge is 0.348 e. The lowest BCUT2D eigenvalue weighted by Gasteiger charge is -2.01. The summed E-state index contributed by atoms with van der Waals surface area (Å²) < 4.78 is 5.99. The van der Waals surface area contributed by atoms with E-state index in [1.807, 2.05) is 12.1 Å². The lowest BCUT2D eigenvalue weighted by Crippen LogP contribution is -2.12. The van der Waals surface area contributed by atoms with Gasteiger partial charge in [-0.1, -0.05) is 0 Å². The molecular weight excluding hydrogens is 360 g/mol. The average Bonchev–Trinajstić information content (AvgIpc) is 3.09. The maximum Gasteiger partial charge on any atom is 0.348 e. The molecule has 20 heavy (non-hydrogen) atoms. The number of aryl methyl sites for hydroxylation is 2. The summed E-state index contributed by atoms with van der Waals surface area (Å²) in [6, 6.07) is 5.44. The van der Waals surface area contributed by atoms with Gasteiger partial charge >= 0.3 is 5.97 Å². The first-order chi connectivity index (χ1) is 9.63. The molecule has 2 aromatic rings. The van der Waals surface area contributed by atoms with Crippen LogP contribution in [0, 0.1) is 0 Å². The molecule has 3 nitrogen and oxygen atoms in total. The zero-order chi connectivity index (χ0) is 14.1. The third-order valence-electron chi connectivity index (χ3n) is 3.13. The third kappa shape index (κ3) is 2.87. The Morgan fingerprint density at radius 1 is 1.20 bits per heavy atom. The first-order valence-corrected chi connectivity index (χ1v) is 8.63. The second-order valence-electron chi connectivity index (χ2n) is 4.52. The molecule has 0 fully saturated rings. The molecule has 1 aliphatic carbocycles. The number of Topliss-reactive ketones (excluding diaryl/α,β-unsaturated/α-hetero) is 1. The van der Waals surface area contributed by atoms with E-state index >= 15 is 0 Å². The van der Waals surface area contributed by atoms with Crippen molar-refractivity contribution in [1.29, 1.82) is 0 Å². The number of hydrogen-bond donors (Lipinski definition) is 0. The number of rotatable bonds is 4. The van der Waals surface area contributed by atoms with Gasteiger partial charge in [0.2, 0.25) is 5.78 Å². The molecule has 104 valence electrons. The Morgan fingerprint density at radius 2 is 2.05 bits per heavy atom. The number of hydrogen-bond acceptors (Lipinski definition) is 5. The van der Waals surface area contributed by atoms with Gasteiger partial charge in [-0.2, -0.15) is 0 Å². The molecule has 0 atom stereocenters. The van der Waals surface area contributed by atoms with E-state index in [4.69, 9.17) is 4.74 Å². The highest BCUT2D eigenvalue weighted by molar-refractivity contribution is 9.11. The number of fused-ring (bicyclic) bond motifs is 1. The van der Waals surface area contributed by atoms with E-state index in [0.717, 1.165) is 16.6 Å². The molecule has 2 aromatic heterocycles. The van der Waals surface area contributed by atoms with Crippen molar-refractivity contribution in [2.24, 2.45) is 0 Å². The molecule has 2 heterocycles. The van der Waals surface area contributed by atoms with Gasteiger partial charge in [-0.15, -0.1) is 22.7 Å². The van der Waals surface area contributed by atoms with Crippen LogP contribution in [0.5, 0.6) is 0 Å². The Kier molecular flexibility index (Phi) is 4.05. The zero-order valence-corrected chi connectivity index (χ0v) is 13.7. The van der Waals surface area contributed by atoms with E-state index in [0.29, 0.717) is 9.75 Å². The van der Waals surface area contributed by atoms with Crippen molar-refractivity contribution in [2.75, 3.05) is 6.61 Å². The van der Waals surface area contributed by atoms with Gasteiger partial charge in [-0.25, -0.2) is 4.79 Å². The quantitative estimate of drug-likeness (QED) is 0.600. The zero-order valence-electron chi connectivity index (χ0n) is 10.5. The predicted octanol–water partition coefficient (Wildman–Crippen LogP) is 4.10. The normalized spacial score (nSPS) is 13.2. The predicted molar refractivity (Wildman–Crippen MR) is 83.0 cm³/mol. The van der Waals surface area contributed by atoms with E-state index < -0.39 is 5.97 Å². The average molecular weight is 371 g/mol. The molecule has 0 saturated carbocycles. The fourth-order valence-electron chi connectivity index (χ4n) is 2.17. The van der Waals surface area contributed by atoms with Gasteiger partial charge in [0.1, 0.15) is 4.88 Å². The summed E-state index contributed by atoms with van der Waals surface area (Å²) in [4.78, 5) is 26.3. The van der Waals surface area contributed by atoms with Gasteiger partial charge in [-0.05, 0) is 59.0 Å². The number of carbonyl (C=O) groups is 2. The number of esters is 1. The minimum Gasteiger partial charge on any atom is -0.453 e. The Morgan fingerprint density at radius 3 is 2.75 bits per heavy atom. The molecule has 3 rings (SSSR count). The van der Waals surface area contributed by atoms with Crippen LogP contribution in [0.3, 0.4) is 0 Å². The fraction of sp³-hybridized carbons (Fsp3) is 0.286. The van der Waals surface area contributed by atoms with Crippen LogP contribution in [0.1, 0.15) is 36.2 Å². The highest BCUT2D eigenvalue weighted by atomic mass is 79.9. The van der Waals surface area contributed by atoms with Crippen molar-refractivity contribution in [3.8, 4) is 0 Å². The third-order valence-corrected chi connectivity index (χ3v) is 6.01. The second kappa shape index (κ2) is 5.79. The van der Waals surface area contributed by atoms with Crippen LogP contribution in [0.15, 0.2) is 22.0 Å². The monoisotopic (exact) mass is 370 g/mol. The second-order valence-corrected chi connectivity index (χ2v) is 8.12. The molecule has 0 amide bonds. The van der Waals surface area contributed by atoms with E-state index in [9.17, 15) is 9.59 Å². The Hall–Kier alpha value is -0.980. The Bertz CT molecular complexity index is 650. The fourth-order valence-corrected chi connectivity index (χ4v) is 4.62. The van der Waals surface area contributed by atoms with Gasteiger partial charge in [0.25, 0.3) is 0 Å². The van der Waals surface area contributed by atoms with Crippen LogP contribution in [0.25, 0.3) is 0 Å². The minimum absolute atomic E-state index is 0.168. The Labute approximate surface area is 132 Å². The maximum atomic E-state index is 11.9. The van der Waals surface area contributed by atoms with Crippen LogP contribution in [0.4, 0.5) is 0 Å². The van der Waals surface area contributed by atoms with E-state index in [-0.39, 0.29) is 12.4 Å². The molecule has 0 spiro atoms. The maximum absolute atomic E-state index is 11.9. The summed E-state index contributed by atoms with van der Waals surface area (Å²) in [6.07, 6.45) is 3.26. The van der Waals surface area contributed by atoms with Crippen molar-refractivity contribution in [1.82, 2.24) is 0 Å². The molecular formula is C14H11BrO3S2. The summed E-state index contributed by atoms with van der Waals surface area (Å²) >= 11 is 6.13. The standard InChI is InChI=1S/C14H11BrO3S2/c15-13-5-4-11(20-13)9(16)7-18-14(17)12-6-8-2-1-3-10(8)19-12/h4-6H,1-3,7H2. The summed E-state index contributed by atoms with van der Waals surface area (Å²) in [7, 11) is 0. The van der Waals surface area contributed by atoms with E-state index in [1.54, 1.807) is 6.07 Å². The van der Waals surface area contributed by atoms with Crippen molar-refractivity contribution in [3.05, 3.63) is 42.2 Å². The number of carbonyl (C=O) groups excluding carboxylic acids is 2. The molecule has 0 radical (unpaired) electrons. The van der Waals surface area contributed by atoms with Crippen LogP contribution >= 0.6 is 38.6 Å². The molecule has 1 aliphatic rings. The first-order valence-electron chi connectivity index (χ1n) is 6.21. The molecule has 0 aromatic carbocycles. The number of ether oxygens (including phenoxy) is 1. The lowest BCUT2D eigenvalue weighted by molar-refractivity contribution is 0.0480. The van der Waals surface area contributed by atoms with Crippen LogP contribution in [0.2, 0.25) is 0 Å². The number of halogens is 1. The summed E-state index contributed by atoms with van der Waals surface area (Å²) in [5.41, 5.74) is 1.26. The SMILES string of the molecule is O=C(COC(=O)c1cc2c(s1)CCC2)c1ccc(Br)s1. The highest BCUT2D eigenvalue weighted by Crippen LogP contribution is 2.31. The van der Waals surface area contributed by atoms with Gasteiger partial charge < -0.3 is 4.74 Å². The van der Waals surface area contributed by atoms with E-state index in [1.165, 1.54) is 39.5 Å². The number of ketones is 1. The summed E-state index contributed by atoms with van der Waals surface area (Å²) in [5, 5.41) is 0. The molecule has 0 bridgehead atoms. The molecule has 6 heteroatoms. The van der Waals surface area contributed by atoms with E-state index in [2.05, 4.69) is 15.9 Å². The van der Waals surface area contributed by atoms with Crippen LogP contribution in [-0.2, 0) is 17.6 Å². The van der Waals surface area contributed by atoms with Gasteiger partial charge in [-0.3, -0.25) is 4.79 Å². The van der Waals surface area contributed by atoms with Crippen LogP contribution in [-0.4, -0.2) is 18.4 Å². The minimum atomic E-state index is -0.395. The summed E-state index contributed by atoms with van der Waals surface area (Å²) in [5.74, 6) is -0.563. The summed E-state index contributed by atoms with van der Waals surface area (Å²) in [6.45, 7) is -0.200. The Balaban J connectivity index is 1.60. The van der Waals surface area contributed by atoms with Crippen LogP contribution < -0.4 is 0 Å². The van der Waals surface area contributed by atoms with Crippen molar-refractivity contribution in [3.63, 3.8) is 0 Å². The van der Waals surface area contributed by atoms with Gasteiger partial charge in [0.15, 0.2) is 6.61 Å². The molecule has 0 saturated heterocycles. The lowest BCUT2D eigenvalue weighted by atomic mass is 10.2. The van der Waals surface area contributed by atoms with Crippen molar-refractivity contribution in [2.45, 2.75) is 19.3 Å². The van der Waals surface area contributed by atoms with Gasteiger partial charge in [0.05, 0.1) is 8.66 Å². The number of thiophene rings is 2. The topological polar surface area (TPSA) is 43.4 Å². The molecule has 0 unspecified atom stereocenters. The first kappa shape index (κ1) is 14.0. The van der Waals surface area contributed by atoms with Gasteiger partial charge in [0, 0.05) is 4.88 Å². The highest BCUT2D eigenvalue weighted by Gasteiger charge is 2.20. The largest absolute Gasteiger partial charge is 0.453 e. The van der Waals surface area contributed by atoms with Crippen molar-refractivity contribution >= 4 is 50.4 Å². The molecule has 0 N–H and O–H groups in total. The van der Waals surface area contributed by atoms with Crippen molar-refractivity contribution < 1.29 is 14.3 Å².